The maximum atomic E-state index is 11.9. The number of nitrogen functional groups attached to an aromatic ring is 1. The largest absolute Gasteiger partial charge is 0.383 e. The van der Waals surface area contributed by atoms with E-state index in [0.29, 0.717) is 17.2 Å². The number of allylic oxidation sites excluding steroid dienone is 2. The number of fused-ring (bicyclic) bond motifs is 1. The highest BCUT2D eigenvalue weighted by Crippen LogP contribution is 2.48. The zero-order chi connectivity index (χ0) is 20.9. The van der Waals surface area contributed by atoms with Gasteiger partial charge in [-0.25, -0.2) is 9.97 Å². The first-order valence-electron chi connectivity index (χ1n) is 10.8. The second-order valence-electron chi connectivity index (χ2n) is 8.98. The Bertz CT molecular complexity index is 1040. The molecule has 2 saturated heterocycles. The molecule has 0 unspecified atom stereocenters. The lowest BCUT2D eigenvalue weighted by molar-refractivity contribution is -0.128. The number of aryl methyl sites for hydroxylation is 1. The van der Waals surface area contributed by atoms with Gasteiger partial charge in [-0.15, -0.1) is 0 Å². The fraction of sp³-hybridized carbons (Fsp3) is 0.522. The van der Waals surface area contributed by atoms with E-state index in [1.807, 2.05) is 4.90 Å². The van der Waals surface area contributed by atoms with Crippen molar-refractivity contribution in [2.75, 3.05) is 32.0 Å². The molecule has 3 aliphatic rings. The number of rotatable bonds is 3. The summed E-state index contributed by atoms with van der Waals surface area (Å²) in [6.07, 6.45) is 10.8. The first kappa shape index (κ1) is 19.3. The molecule has 0 radical (unpaired) electrons. The average Bonchev–Trinajstić information content (AvgIpc) is 3.01. The molecule has 2 aromatic heterocycles. The van der Waals surface area contributed by atoms with Crippen LogP contribution in [0.1, 0.15) is 49.3 Å². The van der Waals surface area contributed by atoms with Crippen molar-refractivity contribution >= 4 is 28.3 Å². The maximum Gasteiger partial charge on any atom is 0.245 e. The number of likely N-dealkylation sites (tertiary alicyclic amines) is 1. The fourth-order valence-corrected chi connectivity index (χ4v) is 5.44. The van der Waals surface area contributed by atoms with Gasteiger partial charge in [0.15, 0.2) is 0 Å². The number of carbonyl (C=O) groups is 1. The smallest absolute Gasteiger partial charge is 0.245 e. The predicted octanol–water partition coefficient (Wildman–Crippen LogP) is 3.03. The number of anilines is 1. The van der Waals surface area contributed by atoms with Gasteiger partial charge >= 0.3 is 0 Å². The Kier molecular flexibility index (Phi) is 4.65. The highest BCUT2D eigenvalue weighted by Gasteiger charge is 2.38. The molecule has 2 N–H and O–H groups in total. The summed E-state index contributed by atoms with van der Waals surface area (Å²) in [5.41, 5.74) is 11.4. The highest BCUT2D eigenvalue weighted by molar-refractivity contribution is 5.95. The molecule has 5 rings (SSSR count). The number of ether oxygens (including phenoxy) is 1. The summed E-state index contributed by atoms with van der Waals surface area (Å²) < 4.78 is 7.70. The summed E-state index contributed by atoms with van der Waals surface area (Å²) in [6.45, 7) is 6.74. The third kappa shape index (κ3) is 2.95. The number of amides is 1. The Hall–Kier alpha value is -2.67. The first-order chi connectivity index (χ1) is 14.5. The molecule has 2 aromatic rings. The van der Waals surface area contributed by atoms with Crippen LogP contribution in [0.25, 0.3) is 16.6 Å². The van der Waals surface area contributed by atoms with E-state index in [2.05, 4.69) is 34.2 Å². The van der Waals surface area contributed by atoms with Crippen molar-refractivity contribution in [3.05, 3.63) is 36.3 Å². The third-order valence-electron chi connectivity index (χ3n) is 7.40. The van der Waals surface area contributed by atoms with E-state index in [1.165, 1.54) is 22.9 Å². The Morgan fingerprint density at radius 3 is 2.67 bits per heavy atom. The Balaban J connectivity index is 1.46. The van der Waals surface area contributed by atoms with E-state index >= 15 is 0 Å². The van der Waals surface area contributed by atoms with E-state index < -0.39 is 0 Å². The van der Waals surface area contributed by atoms with Gasteiger partial charge in [0.2, 0.25) is 5.91 Å². The van der Waals surface area contributed by atoms with E-state index in [1.54, 1.807) is 6.33 Å². The van der Waals surface area contributed by atoms with Crippen molar-refractivity contribution in [1.82, 2.24) is 19.4 Å². The van der Waals surface area contributed by atoms with Crippen LogP contribution in [-0.4, -0.2) is 51.6 Å². The Morgan fingerprint density at radius 2 is 2.07 bits per heavy atom. The Morgan fingerprint density at radius 1 is 1.30 bits per heavy atom. The lowest BCUT2D eigenvalue weighted by Crippen LogP contribution is -2.43. The molecule has 1 amide bonds. The van der Waals surface area contributed by atoms with Gasteiger partial charge in [0.1, 0.15) is 17.8 Å². The lowest BCUT2D eigenvalue weighted by atomic mass is 9.68. The molecule has 1 spiro atoms. The number of hydrogen-bond donors (Lipinski definition) is 1. The Labute approximate surface area is 176 Å². The van der Waals surface area contributed by atoms with Crippen molar-refractivity contribution in [3.63, 3.8) is 0 Å². The highest BCUT2D eigenvalue weighted by atomic mass is 16.5. The van der Waals surface area contributed by atoms with Crippen LogP contribution in [0, 0.1) is 5.41 Å². The normalized spacial score (nSPS) is 21.5. The van der Waals surface area contributed by atoms with Crippen molar-refractivity contribution in [2.45, 2.75) is 38.0 Å². The number of carbonyl (C=O) groups excluding carboxylic acids is 1. The fourth-order valence-electron chi connectivity index (χ4n) is 5.44. The zero-order valence-corrected chi connectivity index (χ0v) is 17.6. The molecule has 0 saturated carbocycles. The molecule has 4 heterocycles. The predicted molar refractivity (Wildman–Crippen MR) is 117 cm³/mol. The van der Waals surface area contributed by atoms with Gasteiger partial charge in [-0.2, -0.15) is 0 Å². The van der Waals surface area contributed by atoms with Gasteiger partial charge in [0.25, 0.3) is 0 Å². The molecule has 30 heavy (non-hydrogen) atoms. The molecule has 158 valence electrons. The van der Waals surface area contributed by atoms with Crippen molar-refractivity contribution in [3.8, 4) is 0 Å². The van der Waals surface area contributed by atoms with Gasteiger partial charge in [-0.3, -0.25) is 4.79 Å². The summed E-state index contributed by atoms with van der Waals surface area (Å²) in [6, 6.07) is 0. The van der Waals surface area contributed by atoms with Crippen LogP contribution in [-0.2, 0) is 16.6 Å². The van der Waals surface area contributed by atoms with Crippen molar-refractivity contribution < 1.29 is 9.53 Å². The van der Waals surface area contributed by atoms with Gasteiger partial charge in [-0.05, 0) is 54.7 Å². The van der Waals surface area contributed by atoms with Crippen molar-refractivity contribution in [2.24, 2.45) is 12.5 Å². The van der Waals surface area contributed by atoms with Crippen molar-refractivity contribution in [1.29, 1.82) is 0 Å². The summed E-state index contributed by atoms with van der Waals surface area (Å²) in [5.74, 6) is 0.955. The third-order valence-corrected chi connectivity index (χ3v) is 7.40. The minimum Gasteiger partial charge on any atom is -0.383 e. The summed E-state index contributed by atoms with van der Waals surface area (Å²) >= 11 is 0. The molecule has 7 nitrogen and oxygen atoms in total. The number of piperidine rings is 1. The minimum absolute atomic E-state index is 0.0541. The SMILES string of the molecule is C=CC(=O)N1CCC2(CC=C(c3c(C4COC4)c4c(N)ncnc4n3C)CC2)CC1. The summed E-state index contributed by atoms with van der Waals surface area (Å²) in [4.78, 5) is 22.6. The molecule has 0 aromatic carbocycles. The molecule has 7 heteroatoms. The molecule has 2 aliphatic heterocycles. The van der Waals surface area contributed by atoms with Crippen LogP contribution in [0.4, 0.5) is 5.82 Å². The number of hydrogen-bond acceptors (Lipinski definition) is 5. The van der Waals surface area contributed by atoms with E-state index in [9.17, 15) is 4.79 Å². The van der Waals surface area contributed by atoms with Gasteiger partial charge in [0.05, 0.1) is 18.6 Å². The minimum atomic E-state index is 0.0541. The molecule has 0 bridgehead atoms. The monoisotopic (exact) mass is 407 g/mol. The zero-order valence-electron chi connectivity index (χ0n) is 17.6. The second kappa shape index (κ2) is 7.23. The van der Waals surface area contributed by atoms with E-state index in [4.69, 9.17) is 10.5 Å². The van der Waals surface area contributed by atoms with Gasteiger partial charge in [-0.1, -0.05) is 12.7 Å². The van der Waals surface area contributed by atoms with Crippen LogP contribution in [0.15, 0.2) is 25.1 Å². The molecule has 2 fully saturated rings. The van der Waals surface area contributed by atoms with Gasteiger partial charge < -0.3 is 19.9 Å². The van der Waals surface area contributed by atoms with Crippen LogP contribution < -0.4 is 5.73 Å². The summed E-state index contributed by atoms with van der Waals surface area (Å²) in [5, 5.41) is 0.987. The number of aromatic nitrogens is 3. The van der Waals surface area contributed by atoms with E-state index in [-0.39, 0.29) is 5.91 Å². The average molecular weight is 408 g/mol. The van der Waals surface area contributed by atoms with E-state index in [0.717, 1.165) is 69.4 Å². The number of nitrogens with two attached hydrogens (primary N) is 1. The maximum absolute atomic E-state index is 11.9. The van der Waals surface area contributed by atoms with Gasteiger partial charge in [0, 0.05) is 31.7 Å². The van der Waals surface area contributed by atoms with Crippen LogP contribution in [0.2, 0.25) is 0 Å². The number of nitrogens with zero attached hydrogens (tertiary/aromatic N) is 4. The first-order valence-corrected chi connectivity index (χ1v) is 10.8. The van der Waals surface area contributed by atoms with Crippen LogP contribution >= 0.6 is 0 Å². The molecular weight excluding hydrogens is 378 g/mol. The quantitative estimate of drug-likeness (QED) is 0.791. The standard InChI is InChI=1S/C23H29N5O2/c1-3-17(29)28-10-8-23(9-11-28)6-4-15(5-7-23)20-18(16-12-30-13-16)19-21(24)25-14-26-22(19)27(20)2/h3-4,14,16H,1,5-13H2,2H3,(H2,24,25,26). The molecule has 0 atom stereocenters. The second-order valence-corrected chi connectivity index (χ2v) is 8.98. The summed E-state index contributed by atoms with van der Waals surface area (Å²) in [7, 11) is 2.08. The topological polar surface area (TPSA) is 86.3 Å². The molecular formula is C23H29N5O2. The van der Waals surface area contributed by atoms with Crippen LogP contribution in [0.3, 0.4) is 0 Å². The van der Waals surface area contributed by atoms with Crippen LogP contribution in [0.5, 0.6) is 0 Å². The lowest BCUT2D eigenvalue weighted by Gasteiger charge is -2.43. The molecule has 1 aliphatic carbocycles.